The zero-order chi connectivity index (χ0) is 29.4. The third-order valence-corrected chi connectivity index (χ3v) is 9.76. The van der Waals surface area contributed by atoms with Crippen LogP contribution in [0.15, 0.2) is 50.7 Å². The van der Waals surface area contributed by atoms with Gasteiger partial charge in [-0.1, -0.05) is 31.0 Å². The molecule has 1 aliphatic carbocycles. The van der Waals surface area contributed by atoms with Crippen molar-refractivity contribution in [2.45, 2.75) is 69.7 Å². The molecule has 1 aliphatic heterocycles. The highest BCUT2D eigenvalue weighted by molar-refractivity contribution is 7.22. The molecule has 1 saturated heterocycles. The second kappa shape index (κ2) is 11.5. The number of hydrogen-bond donors (Lipinski definition) is 1. The molecule has 222 valence electrons. The Morgan fingerprint density at radius 2 is 1.95 bits per heavy atom. The first-order valence-corrected chi connectivity index (χ1v) is 15.0. The number of thiophene rings is 1. The van der Waals surface area contributed by atoms with Crippen molar-refractivity contribution in [3.8, 4) is 16.5 Å². The minimum atomic E-state index is -1.62. The van der Waals surface area contributed by atoms with E-state index in [0.29, 0.717) is 65.8 Å². The molecule has 0 radical (unpaired) electrons. The van der Waals surface area contributed by atoms with Crippen molar-refractivity contribution in [3.63, 3.8) is 0 Å². The Balaban J connectivity index is 1.60. The summed E-state index contributed by atoms with van der Waals surface area (Å²) in [5, 5.41) is 10.7. The molecule has 1 aromatic carbocycles. The van der Waals surface area contributed by atoms with Crippen LogP contribution in [0.2, 0.25) is 0 Å². The number of fused-ring (bicyclic) bond motifs is 1. The third kappa shape index (κ3) is 4.77. The van der Waals surface area contributed by atoms with Crippen LogP contribution in [0.4, 0.5) is 0 Å². The Bertz CT molecular complexity index is 1710. The van der Waals surface area contributed by atoms with E-state index < -0.39 is 28.9 Å². The summed E-state index contributed by atoms with van der Waals surface area (Å²) in [6, 6.07) is 7.48. The van der Waals surface area contributed by atoms with Gasteiger partial charge in [0, 0.05) is 18.8 Å². The van der Waals surface area contributed by atoms with Crippen LogP contribution in [0.5, 0.6) is 5.75 Å². The first-order valence-electron chi connectivity index (χ1n) is 14.1. The Morgan fingerprint density at radius 3 is 2.62 bits per heavy atom. The summed E-state index contributed by atoms with van der Waals surface area (Å²) in [4.78, 5) is 46.7. The Labute approximate surface area is 245 Å². The summed E-state index contributed by atoms with van der Waals surface area (Å²) in [6.45, 7) is 2.96. The maximum Gasteiger partial charge on any atom is 0.333 e. The molecule has 4 aromatic rings. The maximum absolute atomic E-state index is 14.4. The summed E-state index contributed by atoms with van der Waals surface area (Å²) in [5.41, 5.74) is -1.57. The van der Waals surface area contributed by atoms with Crippen molar-refractivity contribution in [1.29, 1.82) is 0 Å². The molecule has 0 bridgehead atoms. The van der Waals surface area contributed by atoms with Gasteiger partial charge in [-0.15, -0.1) is 11.3 Å². The minimum absolute atomic E-state index is 0.0357. The highest BCUT2D eigenvalue weighted by Gasteiger charge is 2.46. The normalized spacial score (nSPS) is 18.0. The molecule has 12 heteroatoms. The number of carboxylic acid groups (broad SMARTS) is 1. The van der Waals surface area contributed by atoms with Gasteiger partial charge in [0.05, 0.1) is 36.2 Å². The summed E-state index contributed by atoms with van der Waals surface area (Å²) < 4.78 is 25.9. The van der Waals surface area contributed by atoms with E-state index in [1.54, 1.807) is 14.0 Å². The van der Waals surface area contributed by atoms with Gasteiger partial charge < -0.3 is 23.7 Å². The Kier molecular flexibility index (Phi) is 7.77. The van der Waals surface area contributed by atoms with Gasteiger partial charge in [0.15, 0.2) is 0 Å². The molecule has 1 N–H and O–H groups in total. The topological polar surface area (TPSA) is 135 Å². The van der Waals surface area contributed by atoms with Gasteiger partial charge in [-0.2, -0.15) is 0 Å². The van der Waals surface area contributed by atoms with Crippen LogP contribution >= 0.6 is 11.3 Å². The maximum atomic E-state index is 14.4. The lowest BCUT2D eigenvalue weighted by Crippen LogP contribution is -2.54. The average molecular weight is 596 g/mol. The fourth-order valence-electron chi connectivity index (χ4n) is 6.27. The number of ether oxygens (including phenoxy) is 3. The number of oxazole rings is 1. The van der Waals surface area contributed by atoms with E-state index in [9.17, 15) is 19.5 Å². The average Bonchev–Trinajstić information content (AvgIpc) is 3.77. The van der Waals surface area contributed by atoms with Crippen molar-refractivity contribution >= 4 is 27.5 Å². The number of rotatable bonds is 9. The number of hydrogen-bond acceptors (Lipinski definition) is 9. The van der Waals surface area contributed by atoms with E-state index in [-0.39, 0.29) is 30.9 Å². The Morgan fingerprint density at radius 1 is 1.21 bits per heavy atom. The number of carboxylic acids is 1. The van der Waals surface area contributed by atoms with E-state index in [2.05, 4.69) is 4.98 Å². The smallest absolute Gasteiger partial charge is 0.333 e. The second-order valence-electron chi connectivity index (χ2n) is 10.8. The molecular formula is C30H33N3O8S. The number of aromatic nitrogens is 3. The summed E-state index contributed by atoms with van der Waals surface area (Å²) >= 11 is 1.23. The van der Waals surface area contributed by atoms with Crippen LogP contribution in [-0.2, 0) is 26.4 Å². The zero-order valence-electron chi connectivity index (χ0n) is 23.5. The molecule has 6 rings (SSSR count). The molecule has 2 aliphatic rings. The lowest BCUT2D eigenvalue weighted by Gasteiger charge is -2.30. The zero-order valence-corrected chi connectivity index (χ0v) is 24.4. The molecular weight excluding hydrogens is 562 g/mol. The molecule has 1 saturated carbocycles. The fraction of sp³-hybridized carbons (Fsp3) is 0.467. The number of nitrogens with zero attached hydrogens (tertiary/aromatic N) is 3. The largest absolute Gasteiger partial charge is 0.496 e. The quantitative estimate of drug-likeness (QED) is 0.297. The van der Waals surface area contributed by atoms with Crippen molar-refractivity contribution < 1.29 is 28.5 Å². The van der Waals surface area contributed by atoms with Crippen molar-refractivity contribution in [2.24, 2.45) is 0 Å². The highest BCUT2D eigenvalue weighted by atomic mass is 32.1. The highest BCUT2D eigenvalue weighted by Crippen LogP contribution is 2.40. The van der Waals surface area contributed by atoms with E-state index in [1.165, 1.54) is 28.4 Å². The lowest BCUT2D eigenvalue weighted by molar-refractivity contribution is -0.147. The first-order chi connectivity index (χ1) is 20.4. The van der Waals surface area contributed by atoms with Gasteiger partial charge in [-0.25, -0.2) is 19.1 Å². The summed E-state index contributed by atoms with van der Waals surface area (Å²) in [5.74, 6) is -0.245. The fourth-order valence-corrected chi connectivity index (χ4v) is 7.52. The predicted molar refractivity (Wildman–Crippen MR) is 155 cm³/mol. The molecule has 42 heavy (non-hydrogen) atoms. The van der Waals surface area contributed by atoms with Gasteiger partial charge in [-0.3, -0.25) is 9.36 Å². The Hall–Kier alpha value is -3.74. The number of aliphatic carboxylic acids is 1. The van der Waals surface area contributed by atoms with Crippen LogP contribution in [0, 0.1) is 6.92 Å². The standard InChI is InChI=1S/C30H33N3O8S/c1-18-23-26(34)33(30(28(35)36)11-5-6-12-30)29(37)32(27(23)42-24(18)25-31-13-16-40-25)17-22(41-19-9-14-39-15-10-19)20-7-3-4-8-21(20)38-2/h3-4,7-8,13,16,19,22H,5-6,9-12,14-15,17H2,1-2H3,(H,35,36). The van der Waals surface area contributed by atoms with Crippen molar-refractivity contribution in [2.75, 3.05) is 20.3 Å². The van der Waals surface area contributed by atoms with Gasteiger partial charge in [0.25, 0.3) is 5.56 Å². The monoisotopic (exact) mass is 595 g/mol. The molecule has 0 spiro atoms. The van der Waals surface area contributed by atoms with Gasteiger partial charge in [-0.05, 0) is 44.2 Å². The minimum Gasteiger partial charge on any atom is -0.496 e. The summed E-state index contributed by atoms with van der Waals surface area (Å²) in [7, 11) is 1.58. The van der Waals surface area contributed by atoms with Crippen LogP contribution in [0.3, 0.4) is 0 Å². The number of methoxy groups -OCH3 is 1. The number of carbonyl (C=O) groups is 1. The van der Waals surface area contributed by atoms with Gasteiger partial charge >= 0.3 is 11.7 Å². The molecule has 11 nitrogen and oxygen atoms in total. The van der Waals surface area contributed by atoms with Gasteiger partial charge in [0.2, 0.25) is 5.89 Å². The second-order valence-corrected chi connectivity index (χ2v) is 11.8. The lowest BCUT2D eigenvalue weighted by atomic mass is 9.97. The van der Waals surface area contributed by atoms with E-state index in [4.69, 9.17) is 18.6 Å². The molecule has 1 atom stereocenters. The van der Waals surface area contributed by atoms with Crippen LogP contribution in [0.25, 0.3) is 21.0 Å². The SMILES string of the molecule is COc1ccccc1C(Cn1c(=O)n(C2(C(=O)O)CCCC2)c(=O)c2c(C)c(-c3ncco3)sc21)OC1CCOCC1. The molecule has 1 unspecified atom stereocenters. The molecule has 3 aromatic heterocycles. The third-order valence-electron chi connectivity index (χ3n) is 8.46. The van der Waals surface area contributed by atoms with E-state index in [0.717, 1.165) is 10.1 Å². The number of aryl methyl sites for hydroxylation is 1. The van der Waals surface area contributed by atoms with Crippen molar-refractivity contribution in [3.05, 3.63) is 68.7 Å². The first kappa shape index (κ1) is 28.4. The molecule has 4 heterocycles. The van der Waals surface area contributed by atoms with Gasteiger partial charge in [0.1, 0.15) is 28.5 Å². The van der Waals surface area contributed by atoms with Crippen molar-refractivity contribution in [1.82, 2.24) is 14.1 Å². The predicted octanol–water partition coefficient (Wildman–Crippen LogP) is 4.49. The van der Waals surface area contributed by atoms with Crippen LogP contribution < -0.4 is 16.0 Å². The molecule has 2 fully saturated rings. The molecule has 0 amide bonds. The summed E-state index contributed by atoms with van der Waals surface area (Å²) in [6.07, 6.45) is 5.24. The number of para-hydroxylation sites is 1. The van der Waals surface area contributed by atoms with Crippen LogP contribution in [-0.4, -0.2) is 51.6 Å². The van der Waals surface area contributed by atoms with E-state index in [1.807, 2.05) is 24.3 Å². The van der Waals surface area contributed by atoms with Crippen LogP contribution in [0.1, 0.15) is 55.8 Å². The van der Waals surface area contributed by atoms with E-state index >= 15 is 0 Å². The number of benzene rings is 1.